The summed E-state index contributed by atoms with van der Waals surface area (Å²) in [5.74, 6) is 0.0184. The Morgan fingerprint density at radius 3 is 2.29 bits per heavy atom. The molecule has 8 N–H and O–H groups in total. The number of rotatable bonds is 4. The number of hydrogen-bond donors (Lipinski definition) is 7. The predicted octanol–water partition coefficient (Wildman–Crippen LogP) is -0.0430. The van der Waals surface area contributed by atoms with Crippen LogP contribution in [0.15, 0.2) is 42.2 Å². The minimum atomic E-state index is -1.63. The van der Waals surface area contributed by atoms with Gasteiger partial charge < -0.3 is 50.0 Å². The smallest absolute Gasteiger partial charge is 0.270 e. The molecule has 0 amide bonds. The van der Waals surface area contributed by atoms with Gasteiger partial charge in [-0.25, -0.2) is 0 Å². The van der Waals surface area contributed by atoms with E-state index in [0.29, 0.717) is 5.56 Å². The van der Waals surface area contributed by atoms with Crippen molar-refractivity contribution in [2.75, 3.05) is 6.61 Å². The molecule has 0 radical (unpaired) electrons. The van der Waals surface area contributed by atoms with Crippen LogP contribution in [-0.4, -0.2) is 77.8 Å². The maximum atomic E-state index is 10.3. The van der Waals surface area contributed by atoms with E-state index in [1.807, 2.05) is 0 Å². The molecule has 1 fully saturated rings. The minimum Gasteiger partial charge on any atom is -0.571 e. The molecule has 2 aliphatic rings. The Bertz CT molecular complexity index is 971. The maximum Gasteiger partial charge on any atom is 0.270 e. The molecular formula is C21H23O10+. The average molecular weight is 435 g/mol. The highest BCUT2D eigenvalue weighted by molar-refractivity contribution is 5.69. The lowest BCUT2D eigenvalue weighted by Crippen LogP contribution is -2.59. The zero-order valence-electron chi connectivity index (χ0n) is 16.1. The molecule has 1 saturated heterocycles. The fraction of sp³-hybridized carbons (Fsp3) is 0.333. The van der Waals surface area contributed by atoms with Gasteiger partial charge in [0.05, 0.1) is 18.2 Å². The molecule has 6 atom stereocenters. The van der Waals surface area contributed by atoms with Crippen LogP contribution in [0.5, 0.6) is 23.0 Å². The monoisotopic (exact) mass is 435 g/mol. The highest BCUT2D eigenvalue weighted by atomic mass is 16.7. The van der Waals surface area contributed by atoms with Gasteiger partial charge in [-0.1, -0.05) is 0 Å². The average Bonchev–Trinajstić information content (AvgIpc) is 2.74. The highest BCUT2D eigenvalue weighted by Crippen LogP contribution is 2.45. The topological polar surface area (TPSA) is 173 Å². The maximum absolute atomic E-state index is 10.3. The largest absolute Gasteiger partial charge is 0.571 e. The SMILES string of the molecule is OC[C@H]1O[C@H](OC2=Cc3c(O)cc(O)cc3[OH+]C2c2ccc(O)cc2)[C@H](O)[C@@H](O)[C@H]1O. The standard InChI is InChI=1S/C21H22O10/c22-8-16-17(26)18(27)19(28)21(31-16)30-15-7-12-13(25)5-11(24)6-14(12)29-20(15)9-1-3-10(23)4-2-9/h1-7,16-28H,8H2/p+1/t16-,17+,18+,19-,20?,21+/m1/s1. The molecule has 166 valence electrons. The van der Waals surface area contributed by atoms with Crippen LogP contribution in [0.1, 0.15) is 17.2 Å². The molecule has 2 aliphatic heterocycles. The van der Waals surface area contributed by atoms with Crippen LogP contribution in [0, 0.1) is 0 Å². The van der Waals surface area contributed by atoms with Gasteiger partial charge in [-0.3, -0.25) is 0 Å². The van der Waals surface area contributed by atoms with E-state index in [-0.39, 0.29) is 34.3 Å². The summed E-state index contributed by atoms with van der Waals surface area (Å²) >= 11 is 0. The van der Waals surface area contributed by atoms with Crippen molar-refractivity contribution < 1.29 is 50.0 Å². The first-order valence-corrected chi connectivity index (χ1v) is 9.53. The second kappa shape index (κ2) is 8.25. The quantitative estimate of drug-likeness (QED) is 0.325. The number of ether oxygens (including phenoxy) is 3. The summed E-state index contributed by atoms with van der Waals surface area (Å²) in [5, 5.41) is 69.3. The molecule has 2 heterocycles. The van der Waals surface area contributed by atoms with Gasteiger partial charge in [0, 0.05) is 12.1 Å². The van der Waals surface area contributed by atoms with Crippen molar-refractivity contribution in [1.29, 1.82) is 0 Å². The van der Waals surface area contributed by atoms with E-state index in [9.17, 15) is 35.7 Å². The molecule has 0 bridgehead atoms. The fourth-order valence-corrected chi connectivity index (χ4v) is 3.58. The molecule has 0 spiro atoms. The Balaban J connectivity index is 1.72. The molecule has 0 aromatic heterocycles. The number of phenols is 3. The molecule has 0 saturated carbocycles. The normalized spacial score (nSPS) is 30.1. The van der Waals surface area contributed by atoms with Crippen LogP contribution < -0.4 is 0 Å². The van der Waals surface area contributed by atoms with Gasteiger partial charge in [-0.2, -0.15) is 0 Å². The third kappa shape index (κ3) is 3.99. The Kier molecular flexibility index (Phi) is 5.65. The van der Waals surface area contributed by atoms with E-state index in [1.165, 1.54) is 24.3 Å². The molecule has 1 unspecified atom stereocenters. The van der Waals surface area contributed by atoms with Crippen molar-refractivity contribution in [3.63, 3.8) is 0 Å². The van der Waals surface area contributed by atoms with Crippen molar-refractivity contribution in [3.8, 4) is 23.0 Å². The third-order valence-corrected chi connectivity index (χ3v) is 5.25. The van der Waals surface area contributed by atoms with E-state index >= 15 is 0 Å². The fourth-order valence-electron chi connectivity index (χ4n) is 3.58. The summed E-state index contributed by atoms with van der Waals surface area (Å²) in [4.78, 5) is 0. The lowest BCUT2D eigenvalue weighted by Gasteiger charge is -2.40. The lowest BCUT2D eigenvalue weighted by atomic mass is 9.98. The van der Waals surface area contributed by atoms with Crippen molar-refractivity contribution in [2.45, 2.75) is 36.8 Å². The Morgan fingerprint density at radius 2 is 1.61 bits per heavy atom. The van der Waals surface area contributed by atoms with E-state index < -0.39 is 43.4 Å². The Hall–Kier alpha value is -3.02. The van der Waals surface area contributed by atoms with Crippen LogP contribution in [-0.2, 0) is 9.47 Å². The zero-order valence-corrected chi connectivity index (χ0v) is 16.1. The van der Waals surface area contributed by atoms with Crippen LogP contribution >= 0.6 is 0 Å². The molecule has 2 aromatic rings. The van der Waals surface area contributed by atoms with Crippen molar-refractivity contribution in [2.24, 2.45) is 0 Å². The van der Waals surface area contributed by atoms with Gasteiger partial charge in [0.2, 0.25) is 6.29 Å². The molecule has 31 heavy (non-hydrogen) atoms. The van der Waals surface area contributed by atoms with Crippen molar-refractivity contribution in [3.05, 3.63) is 53.3 Å². The molecule has 10 heteroatoms. The van der Waals surface area contributed by atoms with Crippen LogP contribution in [0.2, 0.25) is 0 Å². The number of aliphatic hydroxyl groups is 5. The van der Waals surface area contributed by atoms with E-state index in [2.05, 4.69) is 4.74 Å². The minimum absolute atomic E-state index is 0.0376. The summed E-state index contributed by atoms with van der Waals surface area (Å²) in [7, 11) is 0. The first kappa shape index (κ1) is 21.2. The summed E-state index contributed by atoms with van der Waals surface area (Å²) < 4.78 is 15.7. The highest BCUT2D eigenvalue weighted by Gasteiger charge is 2.46. The van der Waals surface area contributed by atoms with Crippen molar-refractivity contribution in [1.82, 2.24) is 0 Å². The molecular weight excluding hydrogens is 412 g/mol. The van der Waals surface area contributed by atoms with E-state index in [0.717, 1.165) is 6.07 Å². The summed E-state index contributed by atoms with van der Waals surface area (Å²) in [5.41, 5.74) is 0.842. The second-order valence-corrected chi connectivity index (χ2v) is 7.38. The van der Waals surface area contributed by atoms with Crippen LogP contribution in [0.4, 0.5) is 0 Å². The van der Waals surface area contributed by atoms with Gasteiger partial charge in [0.1, 0.15) is 47.2 Å². The predicted molar refractivity (Wildman–Crippen MR) is 105 cm³/mol. The summed E-state index contributed by atoms with van der Waals surface area (Å²) in [6.45, 7) is -0.613. The van der Waals surface area contributed by atoms with Gasteiger partial charge in [-0.15, -0.1) is 0 Å². The third-order valence-electron chi connectivity index (χ3n) is 5.25. The van der Waals surface area contributed by atoms with Crippen LogP contribution in [0.25, 0.3) is 6.08 Å². The zero-order chi connectivity index (χ0) is 22.3. The molecule has 2 aromatic carbocycles. The number of fused-ring (bicyclic) bond motifs is 1. The number of phenolic OH excluding ortho intramolecular Hbond substituents is 3. The lowest BCUT2D eigenvalue weighted by molar-refractivity contribution is -0.295. The molecule has 0 aliphatic carbocycles. The summed E-state index contributed by atoms with van der Waals surface area (Å²) in [6.07, 6.45) is -6.74. The number of benzene rings is 2. The van der Waals surface area contributed by atoms with E-state index in [4.69, 9.17) is 9.47 Å². The summed E-state index contributed by atoms with van der Waals surface area (Å²) in [6, 6.07) is 8.60. The second-order valence-electron chi connectivity index (χ2n) is 7.38. The number of aliphatic hydroxyl groups excluding tert-OH is 4. The Morgan fingerprint density at radius 1 is 0.903 bits per heavy atom. The van der Waals surface area contributed by atoms with E-state index in [1.54, 1.807) is 12.1 Å². The first-order valence-electron chi connectivity index (χ1n) is 9.53. The Labute approximate surface area is 176 Å². The first-order chi connectivity index (χ1) is 14.8. The van der Waals surface area contributed by atoms with Crippen LogP contribution in [0.3, 0.4) is 0 Å². The van der Waals surface area contributed by atoms with Gasteiger partial charge >= 0.3 is 0 Å². The number of aromatic hydroxyl groups is 4. The van der Waals surface area contributed by atoms with Crippen molar-refractivity contribution >= 4 is 6.08 Å². The molecule has 10 nitrogen and oxygen atoms in total. The molecule has 4 rings (SSSR count). The van der Waals surface area contributed by atoms with Gasteiger partial charge in [-0.05, 0) is 24.3 Å². The number of hydrogen-bond acceptors (Lipinski definition) is 9. The van der Waals surface area contributed by atoms with Gasteiger partial charge in [0.25, 0.3) is 11.9 Å². The van der Waals surface area contributed by atoms with Gasteiger partial charge in [0.15, 0.2) is 5.76 Å².